The number of nitrogens with one attached hydrogen (secondary N) is 1. The SMILES string of the molecule is CCCN(CCC)c1nccc(C(=O)Nc2cccc(Cl)c2)n1. The number of hydrogen-bond acceptors (Lipinski definition) is 4. The second-order valence-electron chi connectivity index (χ2n) is 5.19. The van der Waals surface area contributed by atoms with E-state index < -0.39 is 0 Å². The zero-order valence-corrected chi connectivity index (χ0v) is 14.2. The summed E-state index contributed by atoms with van der Waals surface area (Å²) in [6.07, 6.45) is 3.62. The molecule has 0 bridgehead atoms. The molecular weight excluding hydrogens is 312 g/mol. The third-order valence-corrected chi connectivity index (χ3v) is 3.46. The van der Waals surface area contributed by atoms with E-state index in [9.17, 15) is 4.79 Å². The molecule has 1 amide bonds. The summed E-state index contributed by atoms with van der Waals surface area (Å²) in [7, 11) is 0. The highest BCUT2D eigenvalue weighted by Gasteiger charge is 2.13. The zero-order valence-electron chi connectivity index (χ0n) is 13.4. The fourth-order valence-electron chi connectivity index (χ4n) is 2.24. The van der Waals surface area contributed by atoms with E-state index in [0.717, 1.165) is 25.9 Å². The molecule has 0 aliphatic carbocycles. The quantitative estimate of drug-likeness (QED) is 0.832. The smallest absolute Gasteiger partial charge is 0.274 e. The first kappa shape index (κ1) is 17.2. The molecule has 1 heterocycles. The number of amides is 1. The van der Waals surface area contributed by atoms with E-state index >= 15 is 0 Å². The van der Waals surface area contributed by atoms with E-state index in [1.807, 2.05) is 0 Å². The molecule has 5 nitrogen and oxygen atoms in total. The summed E-state index contributed by atoms with van der Waals surface area (Å²) in [5.41, 5.74) is 0.980. The lowest BCUT2D eigenvalue weighted by Gasteiger charge is -2.21. The van der Waals surface area contributed by atoms with Crippen LogP contribution in [0.25, 0.3) is 0 Å². The van der Waals surface area contributed by atoms with Crippen LogP contribution in [-0.4, -0.2) is 29.0 Å². The average molecular weight is 333 g/mol. The summed E-state index contributed by atoms with van der Waals surface area (Å²) in [6.45, 7) is 5.96. The minimum atomic E-state index is -0.274. The number of carbonyl (C=O) groups is 1. The van der Waals surface area contributed by atoms with Gasteiger partial charge in [0.15, 0.2) is 0 Å². The highest BCUT2D eigenvalue weighted by Crippen LogP contribution is 2.16. The number of rotatable bonds is 7. The van der Waals surface area contributed by atoms with E-state index in [1.165, 1.54) is 0 Å². The molecule has 0 atom stereocenters. The molecular formula is C17H21ClN4O. The third kappa shape index (κ3) is 4.93. The Morgan fingerprint density at radius 2 is 1.96 bits per heavy atom. The van der Waals surface area contributed by atoms with Gasteiger partial charge in [0.25, 0.3) is 5.91 Å². The largest absolute Gasteiger partial charge is 0.341 e. The lowest BCUT2D eigenvalue weighted by atomic mass is 10.3. The monoisotopic (exact) mass is 332 g/mol. The Labute approximate surface area is 141 Å². The molecule has 2 aromatic rings. The molecule has 6 heteroatoms. The molecule has 0 saturated carbocycles. The molecule has 122 valence electrons. The maximum Gasteiger partial charge on any atom is 0.274 e. The molecule has 0 radical (unpaired) electrons. The van der Waals surface area contributed by atoms with Crippen molar-refractivity contribution in [3.8, 4) is 0 Å². The van der Waals surface area contributed by atoms with Crippen molar-refractivity contribution in [1.29, 1.82) is 0 Å². The fourth-order valence-corrected chi connectivity index (χ4v) is 2.43. The molecule has 1 aromatic carbocycles. The number of nitrogens with zero attached hydrogens (tertiary/aromatic N) is 3. The van der Waals surface area contributed by atoms with E-state index in [2.05, 4.69) is 34.0 Å². The number of anilines is 2. The van der Waals surface area contributed by atoms with Crippen LogP contribution in [0.3, 0.4) is 0 Å². The summed E-state index contributed by atoms with van der Waals surface area (Å²) in [5.74, 6) is 0.316. The fraction of sp³-hybridized carbons (Fsp3) is 0.353. The second kappa shape index (κ2) is 8.48. The van der Waals surface area contributed by atoms with Crippen molar-refractivity contribution in [2.45, 2.75) is 26.7 Å². The van der Waals surface area contributed by atoms with Gasteiger partial charge < -0.3 is 10.2 Å². The van der Waals surface area contributed by atoms with E-state index in [4.69, 9.17) is 11.6 Å². The van der Waals surface area contributed by atoms with E-state index in [0.29, 0.717) is 22.4 Å². The van der Waals surface area contributed by atoms with E-state index in [1.54, 1.807) is 36.5 Å². The Kier molecular flexibility index (Phi) is 6.35. The predicted molar refractivity (Wildman–Crippen MR) is 94.2 cm³/mol. The lowest BCUT2D eigenvalue weighted by Crippen LogP contribution is -2.27. The van der Waals surface area contributed by atoms with Gasteiger partial charge in [0.1, 0.15) is 5.69 Å². The average Bonchev–Trinajstić information content (AvgIpc) is 2.55. The molecule has 0 aliphatic rings. The van der Waals surface area contributed by atoms with E-state index in [-0.39, 0.29) is 5.91 Å². The van der Waals surface area contributed by atoms with Gasteiger partial charge in [-0.15, -0.1) is 0 Å². The summed E-state index contributed by atoms with van der Waals surface area (Å²) < 4.78 is 0. The maximum atomic E-state index is 12.4. The van der Waals surface area contributed by atoms with Gasteiger partial charge >= 0.3 is 0 Å². The van der Waals surface area contributed by atoms with Gasteiger partial charge in [0.05, 0.1) is 0 Å². The second-order valence-corrected chi connectivity index (χ2v) is 5.63. The Bertz CT molecular complexity index is 657. The van der Waals surface area contributed by atoms with Crippen molar-refractivity contribution < 1.29 is 4.79 Å². The molecule has 0 fully saturated rings. The topological polar surface area (TPSA) is 58.1 Å². The van der Waals surface area contributed by atoms with Crippen molar-refractivity contribution in [1.82, 2.24) is 9.97 Å². The molecule has 23 heavy (non-hydrogen) atoms. The van der Waals surface area contributed by atoms with Crippen LogP contribution in [0.5, 0.6) is 0 Å². The molecule has 1 aromatic heterocycles. The van der Waals surface area contributed by atoms with Crippen LogP contribution in [0.15, 0.2) is 36.5 Å². The third-order valence-electron chi connectivity index (χ3n) is 3.23. The molecule has 0 aliphatic heterocycles. The Morgan fingerprint density at radius 1 is 1.22 bits per heavy atom. The normalized spacial score (nSPS) is 10.4. The first-order valence-electron chi connectivity index (χ1n) is 7.79. The summed E-state index contributed by atoms with van der Waals surface area (Å²) in [6, 6.07) is 8.63. The van der Waals surface area contributed by atoms with Gasteiger partial charge in [-0.3, -0.25) is 4.79 Å². The first-order chi connectivity index (χ1) is 11.1. The van der Waals surface area contributed by atoms with Gasteiger partial charge in [-0.2, -0.15) is 0 Å². The van der Waals surface area contributed by atoms with Gasteiger partial charge in [-0.1, -0.05) is 31.5 Å². The summed E-state index contributed by atoms with van der Waals surface area (Å²) in [4.78, 5) is 23.1. The summed E-state index contributed by atoms with van der Waals surface area (Å²) >= 11 is 5.93. The lowest BCUT2D eigenvalue weighted by molar-refractivity contribution is 0.102. The van der Waals surface area contributed by atoms with Crippen molar-refractivity contribution in [3.05, 3.63) is 47.2 Å². The molecule has 1 N–H and O–H groups in total. The van der Waals surface area contributed by atoms with Gasteiger partial charge in [-0.25, -0.2) is 9.97 Å². The number of carbonyl (C=O) groups excluding carboxylic acids is 1. The molecule has 0 unspecified atom stereocenters. The number of halogens is 1. The maximum absolute atomic E-state index is 12.4. The van der Waals surface area contributed by atoms with Gasteiger partial charge in [0.2, 0.25) is 5.95 Å². The predicted octanol–water partition coefficient (Wildman–Crippen LogP) is 4.01. The van der Waals surface area contributed by atoms with Crippen molar-refractivity contribution in [2.24, 2.45) is 0 Å². The van der Waals surface area contributed by atoms with Gasteiger partial charge in [0, 0.05) is 30.0 Å². The minimum Gasteiger partial charge on any atom is -0.341 e. The van der Waals surface area contributed by atoms with Gasteiger partial charge in [-0.05, 0) is 37.1 Å². The van der Waals surface area contributed by atoms with Crippen molar-refractivity contribution in [3.63, 3.8) is 0 Å². The van der Waals surface area contributed by atoms with Crippen LogP contribution < -0.4 is 10.2 Å². The van der Waals surface area contributed by atoms with Crippen LogP contribution in [-0.2, 0) is 0 Å². The van der Waals surface area contributed by atoms with Crippen LogP contribution in [0.2, 0.25) is 5.02 Å². The molecule has 2 rings (SSSR count). The number of aromatic nitrogens is 2. The Morgan fingerprint density at radius 3 is 2.61 bits per heavy atom. The Balaban J connectivity index is 2.16. The number of benzene rings is 1. The zero-order chi connectivity index (χ0) is 16.7. The highest BCUT2D eigenvalue weighted by atomic mass is 35.5. The number of hydrogen-bond donors (Lipinski definition) is 1. The van der Waals surface area contributed by atoms with Crippen LogP contribution in [0.1, 0.15) is 37.2 Å². The van der Waals surface area contributed by atoms with Crippen molar-refractivity contribution >= 4 is 29.1 Å². The van der Waals surface area contributed by atoms with Crippen LogP contribution in [0, 0.1) is 0 Å². The first-order valence-corrected chi connectivity index (χ1v) is 8.16. The standard InChI is InChI=1S/C17H21ClN4O/c1-3-10-22(11-4-2)17-19-9-8-15(21-17)16(23)20-14-7-5-6-13(18)12-14/h5-9,12H,3-4,10-11H2,1-2H3,(H,20,23). The van der Waals surface area contributed by atoms with Crippen LogP contribution in [0.4, 0.5) is 11.6 Å². The molecule has 0 spiro atoms. The minimum absolute atomic E-state index is 0.274. The highest BCUT2D eigenvalue weighted by molar-refractivity contribution is 6.30. The molecule has 0 saturated heterocycles. The van der Waals surface area contributed by atoms with Crippen molar-refractivity contribution in [2.75, 3.05) is 23.3 Å². The van der Waals surface area contributed by atoms with Crippen LogP contribution >= 0.6 is 11.6 Å². The Hall–Kier alpha value is -2.14. The summed E-state index contributed by atoms with van der Waals surface area (Å²) in [5, 5.41) is 3.37.